The summed E-state index contributed by atoms with van der Waals surface area (Å²) in [5, 5.41) is 30.3. The Labute approximate surface area is 173 Å². The van der Waals surface area contributed by atoms with Gasteiger partial charge in [-0.05, 0) is 67.6 Å². The second kappa shape index (κ2) is 8.85. The van der Waals surface area contributed by atoms with Crippen molar-refractivity contribution in [3.05, 3.63) is 53.1 Å². The van der Waals surface area contributed by atoms with Crippen molar-refractivity contribution in [3.63, 3.8) is 0 Å². The first-order chi connectivity index (χ1) is 14.0. The second-order valence-corrected chi connectivity index (χ2v) is 9.22. The van der Waals surface area contributed by atoms with E-state index in [9.17, 15) is 20.1 Å². The summed E-state index contributed by atoms with van der Waals surface area (Å²) in [7, 11) is 0. The van der Waals surface area contributed by atoms with Gasteiger partial charge in [0.1, 0.15) is 0 Å². The van der Waals surface area contributed by atoms with Gasteiger partial charge >= 0.3 is 5.97 Å². The van der Waals surface area contributed by atoms with Crippen molar-refractivity contribution in [3.8, 4) is 0 Å². The van der Waals surface area contributed by atoms with Crippen molar-refractivity contribution in [2.45, 2.75) is 63.6 Å². The fourth-order valence-corrected chi connectivity index (χ4v) is 5.76. The molecule has 1 aromatic rings. The number of rotatable bonds is 5. The zero-order chi connectivity index (χ0) is 20.4. The lowest BCUT2D eigenvalue weighted by Crippen LogP contribution is -2.22. The van der Waals surface area contributed by atoms with E-state index in [1.54, 1.807) is 18.2 Å². The summed E-state index contributed by atoms with van der Waals surface area (Å²) in [5.74, 6) is 0.455. The van der Waals surface area contributed by atoms with Crippen molar-refractivity contribution in [2.24, 2.45) is 23.7 Å². The first kappa shape index (κ1) is 20.4. The van der Waals surface area contributed by atoms with Gasteiger partial charge in [0.25, 0.3) is 0 Å². The molecule has 0 aliphatic heterocycles. The molecule has 29 heavy (non-hydrogen) atoms. The number of fused-ring (bicyclic) bond motifs is 1. The molecule has 4 nitrogen and oxygen atoms in total. The largest absolute Gasteiger partial charge is 0.478 e. The maximum absolute atomic E-state index is 11.2. The minimum Gasteiger partial charge on any atom is -0.478 e. The third-order valence-electron chi connectivity index (χ3n) is 7.28. The highest BCUT2D eigenvalue weighted by atomic mass is 16.4. The standard InChI is InChI=1S/C25H32O4/c26-23(18-6-2-1-3-7-18)10-9-21-22-14-17(13-20(22)15-24(21)27)11-16-5-4-8-19(12-16)25(28)29/h4-5,8-12,18,20-24,26-27H,1-3,6-7,13-15H2,(H,28,29)/b10-9+,17-11+/t20-,21+,22-,23+,24+/m0/s1. The van der Waals surface area contributed by atoms with Crippen LogP contribution in [0, 0.1) is 23.7 Å². The first-order valence-corrected chi connectivity index (χ1v) is 11.1. The van der Waals surface area contributed by atoms with Crippen LogP contribution in [0.4, 0.5) is 0 Å². The SMILES string of the molecule is O=C(O)c1cccc(/C=C2\C[C@H]3C[C@@H](O)[C@H](/C=C/[C@@H](O)C4CCCCC4)[C@H]3C2)c1. The van der Waals surface area contributed by atoms with Gasteiger partial charge in [-0.1, -0.05) is 55.2 Å². The topological polar surface area (TPSA) is 77.8 Å². The van der Waals surface area contributed by atoms with Gasteiger partial charge in [-0.25, -0.2) is 4.79 Å². The van der Waals surface area contributed by atoms with Crippen LogP contribution in [0.5, 0.6) is 0 Å². The highest BCUT2D eigenvalue weighted by Gasteiger charge is 2.45. The summed E-state index contributed by atoms with van der Waals surface area (Å²) >= 11 is 0. The van der Waals surface area contributed by atoms with Crippen LogP contribution in [0.25, 0.3) is 6.08 Å². The van der Waals surface area contributed by atoms with Gasteiger partial charge in [0.05, 0.1) is 17.8 Å². The Kier molecular flexibility index (Phi) is 6.21. The summed E-state index contributed by atoms with van der Waals surface area (Å²) < 4.78 is 0. The minimum atomic E-state index is -0.904. The van der Waals surface area contributed by atoms with E-state index < -0.39 is 12.1 Å². The molecule has 156 valence electrons. The predicted molar refractivity (Wildman–Crippen MR) is 113 cm³/mol. The van der Waals surface area contributed by atoms with E-state index in [1.807, 2.05) is 12.1 Å². The molecule has 5 atom stereocenters. The molecule has 0 unspecified atom stereocenters. The molecule has 1 aromatic carbocycles. The average molecular weight is 397 g/mol. The van der Waals surface area contributed by atoms with Crippen molar-refractivity contribution in [1.82, 2.24) is 0 Å². The molecule has 3 fully saturated rings. The lowest BCUT2D eigenvalue weighted by atomic mass is 9.84. The van der Waals surface area contributed by atoms with E-state index in [4.69, 9.17) is 0 Å². The highest BCUT2D eigenvalue weighted by Crippen LogP contribution is 2.50. The number of allylic oxidation sites excluding steroid dienone is 1. The Morgan fingerprint density at radius 2 is 1.93 bits per heavy atom. The van der Waals surface area contributed by atoms with Crippen LogP contribution in [0.2, 0.25) is 0 Å². The van der Waals surface area contributed by atoms with Crippen LogP contribution < -0.4 is 0 Å². The summed E-state index contributed by atoms with van der Waals surface area (Å²) in [6.07, 6.45) is 14.1. The second-order valence-electron chi connectivity index (χ2n) is 9.22. The van der Waals surface area contributed by atoms with Gasteiger partial charge in [0, 0.05) is 5.92 Å². The van der Waals surface area contributed by atoms with E-state index in [2.05, 4.69) is 12.2 Å². The summed E-state index contributed by atoms with van der Waals surface area (Å²) in [6.45, 7) is 0. The number of benzene rings is 1. The number of carbonyl (C=O) groups is 1. The van der Waals surface area contributed by atoms with Crippen LogP contribution in [0.3, 0.4) is 0 Å². The molecule has 0 amide bonds. The number of carboxylic acids is 1. The zero-order valence-corrected chi connectivity index (χ0v) is 16.9. The Balaban J connectivity index is 1.43. The minimum absolute atomic E-state index is 0.106. The van der Waals surface area contributed by atoms with Crippen molar-refractivity contribution in [1.29, 1.82) is 0 Å². The fraction of sp³-hybridized carbons (Fsp3) is 0.560. The van der Waals surface area contributed by atoms with E-state index in [0.29, 0.717) is 23.3 Å². The molecule has 0 saturated heterocycles. The maximum atomic E-state index is 11.2. The van der Waals surface area contributed by atoms with Gasteiger partial charge in [-0.3, -0.25) is 0 Å². The Hall–Kier alpha value is -1.91. The molecule has 0 bridgehead atoms. The van der Waals surface area contributed by atoms with Crippen LogP contribution in [-0.4, -0.2) is 33.5 Å². The van der Waals surface area contributed by atoms with E-state index in [1.165, 1.54) is 24.8 Å². The molecular formula is C25H32O4. The number of hydrogen-bond acceptors (Lipinski definition) is 3. The van der Waals surface area contributed by atoms with E-state index in [0.717, 1.165) is 37.7 Å². The average Bonchev–Trinajstić information content (AvgIpc) is 3.23. The molecule has 4 heteroatoms. The maximum Gasteiger partial charge on any atom is 0.335 e. The van der Waals surface area contributed by atoms with Gasteiger partial charge in [-0.2, -0.15) is 0 Å². The Bertz CT molecular complexity index is 790. The number of aliphatic hydroxyl groups is 2. The molecule has 0 radical (unpaired) electrons. The van der Waals surface area contributed by atoms with Gasteiger partial charge in [0.2, 0.25) is 0 Å². The predicted octanol–water partition coefficient (Wildman–Crippen LogP) is 4.67. The summed E-state index contributed by atoms with van der Waals surface area (Å²) in [5.41, 5.74) is 2.58. The fourth-order valence-electron chi connectivity index (χ4n) is 5.76. The Morgan fingerprint density at radius 3 is 2.69 bits per heavy atom. The van der Waals surface area contributed by atoms with Crippen LogP contribution in [0.15, 0.2) is 42.0 Å². The van der Waals surface area contributed by atoms with Gasteiger partial charge in [0.15, 0.2) is 0 Å². The zero-order valence-electron chi connectivity index (χ0n) is 16.9. The van der Waals surface area contributed by atoms with Gasteiger partial charge < -0.3 is 15.3 Å². The number of carboxylic acid groups (broad SMARTS) is 1. The molecule has 3 N–H and O–H groups in total. The lowest BCUT2D eigenvalue weighted by molar-refractivity contribution is 0.0696. The number of aromatic carboxylic acids is 1. The highest BCUT2D eigenvalue weighted by molar-refractivity contribution is 5.88. The molecule has 4 rings (SSSR count). The van der Waals surface area contributed by atoms with Crippen LogP contribution in [0.1, 0.15) is 67.3 Å². The van der Waals surface area contributed by atoms with Crippen molar-refractivity contribution < 1.29 is 20.1 Å². The van der Waals surface area contributed by atoms with Crippen LogP contribution in [-0.2, 0) is 0 Å². The quantitative estimate of drug-likeness (QED) is 0.632. The Morgan fingerprint density at radius 1 is 1.14 bits per heavy atom. The van der Waals surface area contributed by atoms with E-state index in [-0.39, 0.29) is 12.0 Å². The summed E-state index contributed by atoms with van der Waals surface area (Å²) in [4.78, 5) is 11.2. The molecule has 3 saturated carbocycles. The monoisotopic (exact) mass is 396 g/mol. The molecule has 3 aliphatic rings. The van der Waals surface area contributed by atoms with E-state index >= 15 is 0 Å². The molecule has 0 heterocycles. The molecule has 0 spiro atoms. The van der Waals surface area contributed by atoms with Crippen LogP contribution >= 0.6 is 0 Å². The first-order valence-electron chi connectivity index (χ1n) is 11.1. The summed E-state index contributed by atoms with van der Waals surface area (Å²) in [6, 6.07) is 7.06. The van der Waals surface area contributed by atoms with Crippen molar-refractivity contribution >= 4 is 12.0 Å². The molecule has 3 aliphatic carbocycles. The smallest absolute Gasteiger partial charge is 0.335 e. The number of aliphatic hydroxyl groups excluding tert-OH is 2. The molecular weight excluding hydrogens is 364 g/mol. The third-order valence-corrected chi connectivity index (χ3v) is 7.28. The molecule has 0 aromatic heterocycles. The number of hydrogen-bond donors (Lipinski definition) is 3. The third kappa shape index (κ3) is 4.65. The van der Waals surface area contributed by atoms with Crippen molar-refractivity contribution in [2.75, 3.05) is 0 Å². The normalized spacial score (nSPS) is 32.7. The van der Waals surface area contributed by atoms with Gasteiger partial charge in [-0.15, -0.1) is 0 Å². The lowest BCUT2D eigenvalue weighted by Gasteiger charge is -2.25.